The molecule has 1 aromatic heterocycles. The third kappa shape index (κ3) is 5.45. The average molecular weight is 411 g/mol. The Kier molecular flexibility index (Phi) is 6.56. The zero-order valence-electron chi connectivity index (χ0n) is 14.9. The number of aliphatic hydroxyl groups excluding tert-OH is 1. The second-order valence-electron chi connectivity index (χ2n) is 6.65. The number of halogens is 3. The van der Waals surface area contributed by atoms with Crippen molar-refractivity contribution in [2.24, 2.45) is 0 Å². The van der Waals surface area contributed by atoms with Crippen LogP contribution in [0, 0.1) is 0 Å². The van der Waals surface area contributed by atoms with Crippen molar-refractivity contribution in [2.75, 3.05) is 0 Å². The number of aromatic nitrogens is 2. The molecule has 1 saturated carbocycles. The van der Waals surface area contributed by atoms with Crippen LogP contribution >= 0.6 is 11.8 Å². The molecule has 1 aromatic carbocycles. The van der Waals surface area contributed by atoms with Gasteiger partial charge in [0, 0.05) is 23.7 Å². The molecule has 3 rings (SSSR count). The van der Waals surface area contributed by atoms with Crippen molar-refractivity contribution in [1.82, 2.24) is 15.3 Å². The van der Waals surface area contributed by atoms with E-state index in [1.807, 2.05) is 0 Å². The van der Waals surface area contributed by atoms with Gasteiger partial charge in [-0.05, 0) is 49.4 Å². The lowest BCUT2D eigenvalue weighted by Gasteiger charge is -2.29. The lowest BCUT2D eigenvalue weighted by atomic mass is 9.94. The third-order valence-electron chi connectivity index (χ3n) is 4.64. The maximum Gasteiger partial charge on any atom is 0.416 e. The smallest absolute Gasteiger partial charge is 0.378 e. The molecule has 1 unspecified atom stereocenters. The molecule has 0 bridgehead atoms. The molecule has 1 heterocycles. The first-order valence-corrected chi connectivity index (χ1v) is 9.80. The first kappa shape index (κ1) is 20.6. The van der Waals surface area contributed by atoms with E-state index in [2.05, 4.69) is 15.3 Å². The van der Waals surface area contributed by atoms with Gasteiger partial charge in [0.2, 0.25) is 0 Å². The van der Waals surface area contributed by atoms with E-state index in [9.17, 15) is 23.1 Å². The van der Waals surface area contributed by atoms with Gasteiger partial charge < -0.3 is 10.4 Å². The van der Waals surface area contributed by atoms with Crippen LogP contribution in [0.3, 0.4) is 0 Å². The number of carbonyl (C=O) groups is 1. The Morgan fingerprint density at radius 1 is 1.11 bits per heavy atom. The standard InChI is InChI=1S/C19H20F3N3O2S/c20-19(21,22)13-4-2-12(3-5-13)16(26)17(27)25-14-6-8-15(9-7-14)28-18-23-10-1-11-24-18/h1-5,10-11,14-16,26H,6-9H2,(H,25,27). The van der Waals surface area contributed by atoms with Gasteiger partial charge in [0.1, 0.15) is 0 Å². The molecule has 150 valence electrons. The van der Waals surface area contributed by atoms with Crippen LogP contribution in [0.5, 0.6) is 0 Å². The molecule has 2 N–H and O–H groups in total. The third-order valence-corrected chi connectivity index (χ3v) is 5.86. The maximum absolute atomic E-state index is 12.6. The van der Waals surface area contributed by atoms with Gasteiger partial charge >= 0.3 is 6.18 Å². The number of alkyl halides is 3. The molecule has 1 atom stereocenters. The fourth-order valence-corrected chi connectivity index (χ4v) is 4.16. The van der Waals surface area contributed by atoms with E-state index in [1.165, 1.54) is 0 Å². The van der Waals surface area contributed by atoms with Gasteiger partial charge in [-0.3, -0.25) is 4.79 Å². The van der Waals surface area contributed by atoms with Gasteiger partial charge in [-0.25, -0.2) is 9.97 Å². The monoisotopic (exact) mass is 411 g/mol. The van der Waals surface area contributed by atoms with Crippen LogP contribution in [0.15, 0.2) is 47.9 Å². The van der Waals surface area contributed by atoms with Crippen molar-refractivity contribution >= 4 is 17.7 Å². The number of rotatable bonds is 5. The highest BCUT2D eigenvalue weighted by molar-refractivity contribution is 7.99. The van der Waals surface area contributed by atoms with Crippen molar-refractivity contribution in [2.45, 2.75) is 54.4 Å². The first-order valence-electron chi connectivity index (χ1n) is 8.92. The van der Waals surface area contributed by atoms with Crippen LogP contribution in [-0.2, 0) is 11.0 Å². The minimum absolute atomic E-state index is 0.0647. The summed E-state index contributed by atoms with van der Waals surface area (Å²) in [6.07, 6.45) is 0.730. The molecule has 5 nitrogen and oxygen atoms in total. The Labute approximate surface area is 164 Å². The molecular formula is C19H20F3N3O2S. The zero-order valence-corrected chi connectivity index (χ0v) is 15.7. The number of carbonyl (C=O) groups excluding carboxylic acids is 1. The Morgan fingerprint density at radius 3 is 2.29 bits per heavy atom. The summed E-state index contributed by atoms with van der Waals surface area (Å²) in [5.41, 5.74) is -0.682. The van der Waals surface area contributed by atoms with E-state index in [4.69, 9.17) is 0 Å². The van der Waals surface area contributed by atoms with Crippen molar-refractivity contribution in [3.63, 3.8) is 0 Å². The summed E-state index contributed by atoms with van der Waals surface area (Å²) < 4.78 is 37.8. The normalized spacial score (nSPS) is 21.1. The van der Waals surface area contributed by atoms with Crippen molar-refractivity contribution in [3.05, 3.63) is 53.9 Å². The lowest BCUT2D eigenvalue weighted by molar-refractivity contribution is -0.137. The minimum atomic E-state index is -4.45. The van der Waals surface area contributed by atoms with Crippen LogP contribution in [0.2, 0.25) is 0 Å². The molecule has 2 aromatic rings. The largest absolute Gasteiger partial charge is 0.416 e. The molecule has 1 aliphatic rings. The predicted octanol–water partition coefficient (Wildman–Crippen LogP) is 3.75. The fourth-order valence-electron chi connectivity index (χ4n) is 3.11. The Hall–Kier alpha value is -2.13. The molecule has 0 spiro atoms. The number of nitrogens with one attached hydrogen (secondary N) is 1. The summed E-state index contributed by atoms with van der Waals surface area (Å²) in [5, 5.41) is 14.0. The second kappa shape index (κ2) is 8.91. The molecule has 1 aliphatic carbocycles. The Balaban J connectivity index is 1.48. The maximum atomic E-state index is 12.6. The van der Waals surface area contributed by atoms with E-state index in [0.29, 0.717) is 5.25 Å². The van der Waals surface area contributed by atoms with E-state index in [0.717, 1.165) is 55.1 Å². The number of hydrogen-bond acceptors (Lipinski definition) is 5. The van der Waals surface area contributed by atoms with Gasteiger partial charge in [-0.1, -0.05) is 23.9 Å². The molecule has 0 aliphatic heterocycles. The topological polar surface area (TPSA) is 75.1 Å². The van der Waals surface area contributed by atoms with Crippen molar-refractivity contribution in [3.8, 4) is 0 Å². The van der Waals surface area contributed by atoms with Crippen LogP contribution in [0.1, 0.15) is 42.9 Å². The van der Waals surface area contributed by atoms with Gasteiger partial charge in [0.15, 0.2) is 11.3 Å². The van der Waals surface area contributed by atoms with E-state index >= 15 is 0 Å². The summed E-state index contributed by atoms with van der Waals surface area (Å²) in [6.45, 7) is 0. The number of aliphatic hydroxyl groups is 1. The summed E-state index contributed by atoms with van der Waals surface area (Å²) in [5.74, 6) is -0.595. The number of hydrogen-bond donors (Lipinski definition) is 2. The van der Waals surface area contributed by atoms with E-state index in [1.54, 1.807) is 30.2 Å². The quantitative estimate of drug-likeness (QED) is 0.733. The summed E-state index contributed by atoms with van der Waals surface area (Å²) in [6, 6.07) is 5.67. The lowest BCUT2D eigenvalue weighted by Crippen LogP contribution is -2.40. The Morgan fingerprint density at radius 2 is 1.71 bits per heavy atom. The highest BCUT2D eigenvalue weighted by Crippen LogP contribution is 2.32. The summed E-state index contributed by atoms with van der Waals surface area (Å²) in [7, 11) is 0. The fraction of sp³-hybridized carbons (Fsp3) is 0.421. The van der Waals surface area contributed by atoms with Crippen LogP contribution in [0.25, 0.3) is 0 Å². The second-order valence-corrected chi connectivity index (χ2v) is 7.92. The van der Waals surface area contributed by atoms with E-state index < -0.39 is 23.8 Å². The molecule has 0 radical (unpaired) electrons. The number of benzene rings is 1. The van der Waals surface area contributed by atoms with Crippen molar-refractivity contribution < 1.29 is 23.1 Å². The molecule has 28 heavy (non-hydrogen) atoms. The zero-order chi connectivity index (χ0) is 20.1. The minimum Gasteiger partial charge on any atom is -0.378 e. The predicted molar refractivity (Wildman–Crippen MR) is 98.5 cm³/mol. The van der Waals surface area contributed by atoms with Crippen LogP contribution in [-0.4, -0.2) is 32.3 Å². The van der Waals surface area contributed by atoms with Crippen LogP contribution in [0.4, 0.5) is 13.2 Å². The number of nitrogens with zero attached hydrogens (tertiary/aromatic N) is 2. The Bertz CT molecular complexity index is 779. The summed E-state index contributed by atoms with van der Waals surface area (Å²) in [4.78, 5) is 20.7. The highest BCUT2D eigenvalue weighted by Gasteiger charge is 2.31. The molecule has 0 saturated heterocycles. The average Bonchev–Trinajstić information content (AvgIpc) is 2.69. The molecule has 9 heteroatoms. The highest BCUT2D eigenvalue weighted by atomic mass is 32.2. The van der Waals surface area contributed by atoms with Gasteiger partial charge in [-0.15, -0.1) is 0 Å². The SMILES string of the molecule is O=C(NC1CCC(Sc2ncccn2)CC1)C(O)c1ccc(C(F)(F)F)cc1. The van der Waals surface area contributed by atoms with Gasteiger partial charge in [-0.2, -0.15) is 13.2 Å². The number of thioether (sulfide) groups is 1. The molecule has 1 fully saturated rings. The molecular weight excluding hydrogens is 391 g/mol. The first-order chi connectivity index (χ1) is 13.3. The van der Waals surface area contributed by atoms with E-state index in [-0.39, 0.29) is 11.6 Å². The molecule has 1 amide bonds. The van der Waals surface area contributed by atoms with Gasteiger partial charge in [0.25, 0.3) is 5.91 Å². The summed E-state index contributed by atoms with van der Waals surface area (Å²) >= 11 is 1.62. The van der Waals surface area contributed by atoms with Crippen molar-refractivity contribution in [1.29, 1.82) is 0 Å². The van der Waals surface area contributed by atoms with Crippen LogP contribution < -0.4 is 5.32 Å². The van der Waals surface area contributed by atoms with Gasteiger partial charge in [0.05, 0.1) is 5.56 Å². The number of amides is 1.